The lowest BCUT2D eigenvalue weighted by Crippen LogP contribution is -2.29. The fraction of sp³-hybridized carbons (Fsp3) is 0.259. The van der Waals surface area contributed by atoms with Gasteiger partial charge in [0.15, 0.2) is 0 Å². The van der Waals surface area contributed by atoms with E-state index in [1.807, 2.05) is 51.1 Å². The minimum atomic E-state index is -0.892. The summed E-state index contributed by atoms with van der Waals surface area (Å²) in [5.41, 5.74) is 2.79. The molecule has 1 aliphatic heterocycles. The number of carbonyl (C=O) groups is 2. The monoisotopic (exact) mass is 461 g/mol. The second-order valence-electron chi connectivity index (χ2n) is 8.19. The molecule has 0 spiro atoms. The van der Waals surface area contributed by atoms with E-state index in [4.69, 9.17) is 13.9 Å². The molecule has 7 nitrogen and oxygen atoms in total. The van der Waals surface area contributed by atoms with E-state index in [2.05, 4.69) is 0 Å². The van der Waals surface area contributed by atoms with E-state index in [0.717, 1.165) is 16.7 Å². The number of furan rings is 1. The van der Waals surface area contributed by atoms with Crippen molar-refractivity contribution >= 4 is 17.4 Å². The van der Waals surface area contributed by atoms with Crippen molar-refractivity contribution in [2.24, 2.45) is 0 Å². The van der Waals surface area contributed by atoms with Crippen LogP contribution in [-0.4, -0.2) is 35.4 Å². The average Bonchev–Trinajstić information content (AvgIpc) is 3.41. The van der Waals surface area contributed by atoms with Gasteiger partial charge in [-0.3, -0.25) is 9.59 Å². The summed E-state index contributed by atoms with van der Waals surface area (Å²) in [5.74, 6) is -0.295. The molecule has 1 aliphatic rings. The quantitative estimate of drug-likeness (QED) is 0.305. The Hall–Kier alpha value is -4.00. The lowest BCUT2D eigenvalue weighted by atomic mass is 9.96. The largest absolute Gasteiger partial charge is 0.507 e. The summed E-state index contributed by atoms with van der Waals surface area (Å²) in [5, 5.41) is 11.4. The summed E-state index contributed by atoms with van der Waals surface area (Å²) >= 11 is 0. The normalized spacial score (nSPS) is 17.3. The summed E-state index contributed by atoms with van der Waals surface area (Å²) in [7, 11) is 1.50. The van der Waals surface area contributed by atoms with Crippen molar-refractivity contribution in [2.45, 2.75) is 33.4 Å². The van der Waals surface area contributed by atoms with Crippen molar-refractivity contribution in [3.8, 4) is 11.5 Å². The van der Waals surface area contributed by atoms with Crippen LogP contribution in [0.25, 0.3) is 5.76 Å². The third-order valence-corrected chi connectivity index (χ3v) is 5.79. The van der Waals surface area contributed by atoms with E-state index >= 15 is 0 Å². The van der Waals surface area contributed by atoms with Crippen LogP contribution in [0.2, 0.25) is 0 Å². The van der Waals surface area contributed by atoms with Crippen LogP contribution in [0, 0.1) is 13.8 Å². The fourth-order valence-corrected chi connectivity index (χ4v) is 4.43. The third kappa shape index (κ3) is 4.17. The molecule has 0 aliphatic carbocycles. The second-order valence-corrected chi connectivity index (χ2v) is 8.19. The van der Waals surface area contributed by atoms with Crippen molar-refractivity contribution in [2.75, 3.05) is 13.7 Å². The highest BCUT2D eigenvalue weighted by molar-refractivity contribution is 6.46. The SMILES string of the molecule is CCOc1cccc(CN2C(=O)C(=O)/C(=C(\O)c3cc(C)cc(C)c3OC)C2c2ccco2)c1. The molecule has 2 aromatic carbocycles. The Kier molecular flexibility index (Phi) is 6.45. The Bertz CT molecular complexity index is 1260. The zero-order valence-corrected chi connectivity index (χ0v) is 19.6. The first-order valence-electron chi connectivity index (χ1n) is 11.0. The average molecular weight is 462 g/mol. The highest BCUT2D eigenvalue weighted by atomic mass is 16.5. The van der Waals surface area contributed by atoms with Crippen LogP contribution in [0.15, 0.2) is 64.8 Å². The van der Waals surface area contributed by atoms with E-state index in [1.165, 1.54) is 18.3 Å². The molecule has 2 heterocycles. The number of nitrogens with zero attached hydrogens (tertiary/aromatic N) is 1. The lowest BCUT2D eigenvalue weighted by molar-refractivity contribution is -0.140. The molecule has 1 fully saturated rings. The number of methoxy groups -OCH3 is 1. The molecular formula is C27H27NO6. The zero-order valence-electron chi connectivity index (χ0n) is 19.6. The Morgan fingerprint density at radius 1 is 1.12 bits per heavy atom. The van der Waals surface area contributed by atoms with E-state index in [1.54, 1.807) is 18.2 Å². The minimum absolute atomic E-state index is 0.0378. The van der Waals surface area contributed by atoms with Gasteiger partial charge in [0, 0.05) is 6.54 Å². The smallest absolute Gasteiger partial charge is 0.296 e. The molecule has 1 N–H and O–H groups in total. The number of ether oxygens (including phenoxy) is 2. The molecular weight excluding hydrogens is 434 g/mol. The van der Waals surface area contributed by atoms with Gasteiger partial charge in [-0.15, -0.1) is 0 Å². The Morgan fingerprint density at radius 3 is 2.59 bits per heavy atom. The van der Waals surface area contributed by atoms with Gasteiger partial charge in [0.25, 0.3) is 11.7 Å². The summed E-state index contributed by atoms with van der Waals surface area (Å²) in [4.78, 5) is 27.8. The van der Waals surface area contributed by atoms with Crippen molar-refractivity contribution in [1.29, 1.82) is 0 Å². The van der Waals surface area contributed by atoms with Gasteiger partial charge >= 0.3 is 0 Å². The lowest BCUT2D eigenvalue weighted by Gasteiger charge is -2.24. The van der Waals surface area contributed by atoms with Crippen LogP contribution in [0.4, 0.5) is 0 Å². The third-order valence-electron chi connectivity index (χ3n) is 5.79. The van der Waals surface area contributed by atoms with Crippen LogP contribution < -0.4 is 9.47 Å². The molecule has 1 saturated heterocycles. The van der Waals surface area contributed by atoms with Gasteiger partial charge in [-0.05, 0) is 67.8 Å². The molecule has 34 heavy (non-hydrogen) atoms. The molecule has 4 rings (SSSR count). The van der Waals surface area contributed by atoms with E-state index in [-0.39, 0.29) is 17.9 Å². The van der Waals surface area contributed by atoms with Crippen molar-refractivity contribution in [3.05, 3.63) is 88.4 Å². The van der Waals surface area contributed by atoms with Crippen molar-refractivity contribution in [3.63, 3.8) is 0 Å². The number of hydrogen-bond acceptors (Lipinski definition) is 6. The fourth-order valence-electron chi connectivity index (χ4n) is 4.43. The van der Waals surface area contributed by atoms with E-state index in [9.17, 15) is 14.7 Å². The Labute approximate surface area is 198 Å². The molecule has 1 unspecified atom stereocenters. The molecule has 1 aromatic heterocycles. The topological polar surface area (TPSA) is 89.2 Å². The van der Waals surface area contributed by atoms with Gasteiger partial charge < -0.3 is 23.9 Å². The summed E-state index contributed by atoms with van der Waals surface area (Å²) in [6.45, 7) is 6.28. The Balaban J connectivity index is 1.85. The van der Waals surface area contributed by atoms with Gasteiger partial charge in [-0.25, -0.2) is 0 Å². The number of rotatable bonds is 7. The van der Waals surface area contributed by atoms with Gasteiger partial charge in [0.2, 0.25) is 0 Å². The molecule has 0 radical (unpaired) electrons. The van der Waals surface area contributed by atoms with E-state index < -0.39 is 17.7 Å². The second kappa shape index (κ2) is 9.47. The minimum Gasteiger partial charge on any atom is -0.507 e. The maximum Gasteiger partial charge on any atom is 0.296 e. The summed E-state index contributed by atoms with van der Waals surface area (Å²) in [6.07, 6.45) is 1.47. The highest BCUT2D eigenvalue weighted by Crippen LogP contribution is 2.42. The van der Waals surface area contributed by atoms with Crippen LogP contribution in [0.5, 0.6) is 11.5 Å². The van der Waals surface area contributed by atoms with Gasteiger partial charge in [-0.2, -0.15) is 0 Å². The number of amides is 1. The maximum atomic E-state index is 13.2. The number of hydrogen-bond donors (Lipinski definition) is 1. The summed E-state index contributed by atoms with van der Waals surface area (Å²) < 4.78 is 16.7. The first-order chi connectivity index (χ1) is 16.3. The number of carbonyl (C=O) groups excluding carboxylic acids is 2. The number of likely N-dealkylation sites (tertiary alicyclic amines) is 1. The molecule has 1 atom stereocenters. The van der Waals surface area contributed by atoms with Crippen LogP contribution in [-0.2, 0) is 16.1 Å². The number of benzene rings is 2. The first kappa shape index (κ1) is 23.2. The maximum absolute atomic E-state index is 13.2. The molecule has 0 saturated carbocycles. The van der Waals surface area contributed by atoms with Gasteiger partial charge in [-0.1, -0.05) is 18.2 Å². The van der Waals surface area contributed by atoms with Crippen LogP contribution in [0.1, 0.15) is 41.0 Å². The molecule has 176 valence electrons. The predicted octanol–water partition coefficient (Wildman–Crippen LogP) is 4.93. The number of ketones is 1. The first-order valence-corrected chi connectivity index (χ1v) is 11.0. The highest BCUT2D eigenvalue weighted by Gasteiger charge is 2.47. The molecule has 0 bridgehead atoms. The van der Waals surface area contributed by atoms with Crippen LogP contribution in [0.3, 0.4) is 0 Å². The number of aliphatic hydroxyl groups excluding tert-OH is 1. The number of aliphatic hydroxyl groups is 1. The molecule has 7 heteroatoms. The zero-order chi connectivity index (χ0) is 24.4. The molecule has 3 aromatic rings. The van der Waals surface area contributed by atoms with E-state index in [0.29, 0.717) is 29.4 Å². The summed E-state index contributed by atoms with van der Waals surface area (Å²) in [6, 6.07) is 13.5. The predicted molar refractivity (Wildman–Crippen MR) is 127 cm³/mol. The molecule has 1 amide bonds. The van der Waals surface area contributed by atoms with Gasteiger partial charge in [0.1, 0.15) is 29.1 Å². The number of aryl methyl sites for hydroxylation is 2. The Morgan fingerprint density at radius 2 is 1.91 bits per heavy atom. The standard InChI is InChI=1S/C27H27NO6/c1-5-33-19-9-6-8-18(14-19)15-28-23(21-10-7-11-34-21)22(25(30)27(28)31)24(29)20-13-16(2)12-17(3)26(20)32-4/h6-14,23,29H,5,15H2,1-4H3/b24-22-. The van der Waals surface area contributed by atoms with Crippen molar-refractivity contribution in [1.82, 2.24) is 4.90 Å². The van der Waals surface area contributed by atoms with Crippen LogP contribution >= 0.6 is 0 Å². The van der Waals surface area contributed by atoms with Crippen molar-refractivity contribution < 1.29 is 28.6 Å². The van der Waals surface area contributed by atoms with Gasteiger partial charge in [0.05, 0.1) is 31.1 Å². The number of Topliss-reactive ketones (excluding diaryl/α,β-unsaturated/α-hetero) is 1.